The van der Waals surface area contributed by atoms with E-state index in [-0.39, 0.29) is 6.04 Å². The number of nitrogens with two attached hydrogens (primary N) is 2. The van der Waals surface area contributed by atoms with Crippen molar-refractivity contribution in [2.75, 3.05) is 0 Å². The molecule has 4 unspecified atom stereocenters. The second-order valence-electron chi connectivity index (χ2n) is 3.33. The van der Waals surface area contributed by atoms with Crippen molar-refractivity contribution >= 4 is 5.97 Å². The Morgan fingerprint density at radius 2 is 1.92 bits per heavy atom. The van der Waals surface area contributed by atoms with Gasteiger partial charge in [0.2, 0.25) is 0 Å². The van der Waals surface area contributed by atoms with Crippen molar-refractivity contribution < 1.29 is 15.0 Å². The number of hydrogen-bond donors (Lipinski definition) is 4. The van der Waals surface area contributed by atoms with Gasteiger partial charge in [-0.3, -0.25) is 4.79 Å². The van der Waals surface area contributed by atoms with Gasteiger partial charge >= 0.3 is 5.97 Å². The van der Waals surface area contributed by atoms with Crippen molar-refractivity contribution in [3.05, 3.63) is 0 Å². The van der Waals surface area contributed by atoms with Gasteiger partial charge in [-0.2, -0.15) is 0 Å². The lowest BCUT2D eigenvalue weighted by atomic mass is 9.81. The minimum Gasteiger partial charge on any atom is -0.481 e. The Morgan fingerprint density at radius 1 is 1.33 bits per heavy atom. The van der Waals surface area contributed by atoms with E-state index >= 15 is 0 Å². The van der Waals surface area contributed by atoms with E-state index in [9.17, 15) is 9.90 Å². The molecule has 0 heterocycles. The summed E-state index contributed by atoms with van der Waals surface area (Å²) in [4.78, 5) is 10.6. The summed E-state index contributed by atoms with van der Waals surface area (Å²) in [6.07, 6.45) is -0.155. The van der Waals surface area contributed by atoms with Gasteiger partial charge in [-0.1, -0.05) is 0 Å². The van der Waals surface area contributed by atoms with Crippen LogP contribution in [0.4, 0.5) is 0 Å². The first-order valence-electron chi connectivity index (χ1n) is 3.94. The van der Waals surface area contributed by atoms with Gasteiger partial charge in [0.1, 0.15) is 0 Å². The highest BCUT2D eigenvalue weighted by Crippen LogP contribution is 2.23. The maximum Gasteiger partial charge on any atom is 0.309 e. The molecule has 0 radical (unpaired) electrons. The highest BCUT2D eigenvalue weighted by Gasteiger charge is 2.37. The highest BCUT2D eigenvalue weighted by atomic mass is 16.4. The molecule has 70 valence electrons. The quantitative estimate of drug-likeness (QED) is 0.386. The Bertz CT molecular complexity index is 185. The van der Waals surface area contributed by atoms with Gasteiger partial charge in [0.15, 0.2) is 0 Å². The monoisotopic (exact) mass is 174 g/mol. The molecule has 1 aliphatic rings. The SMILES string of the molecule is NC1CC(N)C(O)C(C(=O)O)C1. The van der Waals surface area contributed by atoms with Crippen LogP contribution in [-0.2, 0) is 4.79 Å². The molecule has 1 saturated carbocycles. The number of hydrogen-bond acceptors (Lipinski definition) is 4. The molecule has 5 heteroatoms. The third-order valence-corrected chi connectivity index (χ3v) is 2.30. The molecule has 1 rings (SSSR count). The topological polar surface area (TPSA) is 110 Å². The first-order valence-corrected chi connectivity index (χ1v) is 3.94. The van der Waals surface area contributed by atoms with Crippen LogP contribution in [0.15, 0.2) is 0 Å². The number of aliphatic carboxylic acids is 1. The van der Waals surface area contributed by atoms with Gasteiger partial charge < -0.3 is 21.7 Å². The van der Waals surface area contributed by atoms with Crippen molar-refractivity contribution in [3.63, 3.8) is 0 Å². The fourth-order valence-electron chi connectivity index (χ4n) is 1.60. The molecule has 1 aliphatic carbocycles. The minimum absolute atomic E-state index is 0.204. The van der Waals surface area contributed by atoms with Crippen LogP contribution in [0.25, 0.3) is 0 Å². The number of carbonyl (C=O) groups is 1. The molecule has 4 atom stereocenters. The van der Waals surface area contributed by atoms with Crippen molar-refractivity contribution in [2.24, 2.45) is 17.4 Å². The molecule has 0 amide bonds. The summed E-state index contributed by atoms with van der Waals surface area (Å²) in [7, 11) is 0. The Morgan fingerprint density at radius 3 is 2.42 bits per heavy atom. The lowest BCUT2D eigenvalue weighted by Crippen LogP contribution is -2.52. The Hall–Kier alpha value is -0.650. The Labute approximate surface area is 70.4 Å². The van der Waals surface area contributed by atoms with Crippen LogP contribution in [0, 0.1) is 5.92 Å². The third-order valence-electron chi connectivity index (χ3n) is 2.30. The predicted molar refractivity (Wildman–Crippen MR) is 42.3 cm³/mol. The number of aliphatic hydroxyl groups is 1. The molecule has 0 spiro atoms. The van der Waals surface area contributed by atoms with Gasteiger partial charge in [-0.25, -0.2) is 0 Å². The van der Waals surface area contributed by atoms with E-state index < -0.39 is 24.0 Å². The molecule has 5 nitrogen and oxygen atoms in total. The minimum atomic E-state index is -1.02. The zero-order valence-corrected chi connectivity index (χ0v) is 6.68. The van der Waals surface area contributed by atoms with E-state index in [0.29, 0.717) is 12.8 Å². The maximum absolute atomic E-state index is 10.6. The van der Waals surface area contributed by atoms with E-state index in [2.05, 4.69) is 0 Å². The van der Waals surface area contributed by atoms with Crippen molar-refractivity contribution in [3.8, 4) is 0 Å². The molecule has 0 aromatic heterocycles. The molecule has 0 saturated heterocycles. The van der Waals surface area contributed by atoms with Gasteiger partial charge in [0, 0.05) is 12.1 Å². The van der Waals surface area contributed by atoms with Crippen molar-refractivity contribution in [1.82, 2.24) is 0 Å². The fourth-order valence-corrected chi connectivity index (χ4v) is 1.60. The Balaban J connectivity index is 2.66. The summed E-state index contributed by atoms with van der Waals surface area (Å²) in [6, 6.07) is -0.709. The van der Waals surface area contributed by atoms with Crippen LogP contribution >= 0.6 is 0 Å². The van der Waals surface area contributed by atoms with Crippen LogP contribution in [0.1, 0.15) is 12.8 Å². The molecular formula is C7H14N2O3. The lowest BCUT2D eigenvalue weighted by molar-refractivity contribution is -0.148. The van der Waals surface area contributed by atoms with Crippen LogP contribution in [0.5, 0.6) is 0 Å². The van der Waals surface area contributed by atoms with Crippen LogP contribution in [-0.4, -0.2) is 34.4 Å². The summed E-state index contributed by atoms with van der Waals surface area (Å²) in [5, 5.41) is 18.0. The summed E-state index contributed by atoms with van der Waals surface area (Å²) < 4.78 is 0. The molecule has 12 heavy (non-hydrogen) atoms. The number of carboxylic acids is 1. The standard InChI is InChI=1S/C7H14N2O3/c8-3-1-4(7(11)12)6(10)5(9)2-3/h3-6,10H,1-2,8-9H2,(H,11,12). The Kier molecular flexibility index (Phi) is 2.66. The maximum atomic E-state index is 10.6. The summed E-state index contributed by atoms with van der Waals surface area (Å²) in [5.41, 5.74) is 11.1. The number of rotatable bonds is 1. The van der Waals surface area contributed by atoms with E-state index in [4.69, 9.17) is 16.6 Å². The average Bonchev–Trinajstić information content (AvgIpc) is 1.96. The first-order chi connectivity index (χ1) is 5.52. The molecule has 0 bridgehead atoms. The smallest absolute Gasteiger partial charge is 0.309 e. The van der Waals surface area contributed by atoms with E-state index in [1.54, 1.807) is 0 Å². The third kappa shape index (κ3) is 1.74. The zero-order chi connectivity index (χ0) is 9.30. The average molecular weight is 174 g/mol. The van der Waals surface area contributed by atoms with Crippen LogP contribution in [0.2, 0.25) is 0 Å². The van der Waals surface area contributed by atoms with Gasteiger partial charge in [-0.15, -0.1) is 0 Å². The summed E-state index contributed by atoms with van der Waals surface area (Å²) in [6.45, 7) is 0. The second kappa shape index (κ2) is 3.38. The molecular weight excluding hydrogens is 160 g/mol. The normalized spacial score (nSPS) is 42.6. The van der Waals surface area contributed by atoms with Crippen LogP contribution in [0.3, 0.4) is 0 Å². The molecule has 1 fully saturated rings. The second-order valence-corrected chi connectivity index (χ2v) is 3.33. The van der Waals surface area contributed by atoms with Gasteiger partial charge in [-0.05, 0) is 12.8 Å². The zero-order valence-electron chi connectivity index (χ0n) is 6.68. The molecule has 6 N–H and O–H groups in total. The molecule has 0 aromatic carbocycles. The number of aliphatic hydroxyl groups excluding tert-OH is 1. The fraction of sp³-hybridized carbons (Fsp3) is 0.857. The largest absolute Gasteiger partial charge is 0.481 e. The van der Waals surface area contributed by atoms with E-state index in [0.717, 1.165) is 0 Å². The first kappa shape index (κ1) is 9.44. The van der Waals surface area contributed by atoms with Crippen molar-refractivity contribution in [1.29, 1.82) is 0 Å². The molecule has 0 aliphatic heterocycles. The highest BCUT2D eigenvalue weighted by molar-refractivity contribution is 5.71. The molecule has 0 aromatic rings. The van der Waals surface area contributed by atoms with Crippen molar-refractivity contribution in [2.45, 2.75) is 31.0 Å². The number of carboxylic acid groups (broad SMARTS) is 1. The van der Waals surface area contributed by atoms with Crippen LogP contribution < -0.4 is 11.5 Å². The summed E-state index contributed by atoms with van der Waals surface area (Å²) >= 11 is 0. The van der Waals surface area contributed by atoms with E-state index in [1.807, 2.05) is 0 Å². The predicted octanol–water partition coefficient (Wildman–Crippen LogP) is -1.50. The van der Waals surface area contributed by atoms with Gasteiger partial charge in [0.25, 0.3) is 0 Å². The lowest BCUT2D eigenvalue weighted by Gasteiger charge is -2.33. The van der Waals surface area contributed by atoms with E-state index in [1.165, 1.54) is 0 Å². The summed E-state index contributed by atoms with van der Waals surface area (Å²) in [5.74, 6) is -1.82. The van der Waals surface area contributed by atoms with Gasteiger partial charge in [0.05, 0.1) is 12.0 Å².